The minimum absolute atomic E-state index is 0.0354. The van der Waals surface area contributed by atoms with Gasteiger partial charge in [-0.3, -0.25) is 14.8 Å². The molecule has 0 aliphatic carbocycles. The van der Waals surface area contributed by atoms with Crippen molar-refractivity contribution >= 4 is 27.9 Å². The quantitative estimate of drug-likeness (QED) is 0.549. The molecule has 0 saturated heterocycles. The third kappa shape index (κ3) is 3.04. The average Bonchev–Trinajstić information content (AvgIpc) is 3.07. The van der Waals surface area contributed by atoms with E-state index in [0.29, 0.717) is 17.6 Å². The maximum absolute atomic E-state index is 13.1. The van der Waals surface area contributed by atoms with Crippen molar-refractivity contribution in [1.82, 2.24) is 14.9 Å². The number of fused-ring (bicyclic) bond motifs is 2. The number of benzene rings is 2. The van der Waals surface area contributed by atoms with Crippen molar-refractivity contribution in [3.05, 3.63) is 72.2 Å². The van der Waals surface area contributed by atoms with Crippen LogP contribution >= 0.6 is 0 Å². The fraction of sp³-hybridized carbons (Fsp3) is 0.190. The largest absolute Gasteiger partial charge is 0.459 e. The van der Waals surface area contributed by atoms with E-state index < -0.39 is 0 Å². The Kier molecular flexibility index (Phi) is 4.13. The van der Waals surface area contributed by atoms with Gasteiger partial charge < -0.3 is 9.32 Å². The van der Waals surface area contributed by atoms with Crippen LogP contribution < -0.4 is 0 Å². The molecule has 5 nitrogen and oxygen atoms in total. The molecule has 2 aromatic carbocycles. The van der Waals surface area contributed by atoms with Crippen LogP contribution in [0.2, 0.25) is 0 Å². The zero-order chi connectivity index (χ0) is 18.1. The third-order valence-corrected chi connectivity index (χ3v) is 4.40. The molecule has 0 N–H and O–H groups in total. The Balaban J connectivity index is 1.65. The van der Waals surface area contributed by atoms with Gasteiger partial charge in [0.1, 0.15) is 11.3 Å². The number of carbonyl (C=O) groups is 1. The highest BCUT2D eigenvalue weighted by Gasteiger charge is 2.21. The van der Waals surface area contributed by atoms with E-state index in [1.807, 2.05) is 50.2 Å². The minimum atomic E-state index is -0.0481. The second kappa shape index (κ2) is 6.59. The molecule has 0 unspecified atom stereocenters. The molecule has 4 rings (SSSR count). The average molecular weight is 345 g/mol. The number of hydrogen-bond donors (Lipinski definition) is 0. The van der Waals surface area contributed by atoms with E-state index >= 15 is 0 Å². The lowest BCUT2D eigenvalue weighted by Crippen LogP contribution is -2.36. The smallest absolute Gasteiger partial charge is 0.254 e. The number of aromatic nitrogens is 2. The maximum Gasteiger partial charge on any atom is 0.254 e. The minimum Gasteiger partial charge on any atom is -0.459 e. The van der Waals surface area contributed by atoms with Crippen LogP contribution in [0.25, 0.3) is 22.0 Å². The number of rotatable bonds is 4. The summed E-state index contributed by atoms with van der Waals surface area (Å²) >= 11 is 0. The SMILES string of the molecule is CC(C)N(Cc1cc2ccccc2o1)C(=O)c1ccc2nccnc2c1. The molecule has 4 aromatic rings. The number of para-hydroxylation sites is 1. The highest BCUT2D eigenvalue weighted by Crippen LogP contribution is 2.22. The van der Waals surface area contributed by atoms with Crippen molar-refractivity contribution in [2.45, 2.75) is 26.4 Å². The van der Waals surface area contributed by atoms with Gasteiger partial charge in [-0.05, 0) is 44.2 Å². The number of furan rings is 1. The third-order valence-electron chi connectivity index (χ3n) is 4.40. The highest BCUT2D eigenvalue weighted by molar-refractivity contribution is 5.97. The van der Waals surface area contributed by atoms with Crippen LogP contribution in [0.4, 0.5) is 0 Å². The summed E-state index contributed by atoms with van der Waals surface area (Å²) in [6.07, 6.45) is 3.27. The molecule has 1 amide bonds. The van der Waals surface area contributed by atoms with Crippen molar-refractivity contribution in [2.24, 2.45) is 0 Å². The Labute approximate surface area is 151 Å². The molecule has 0 radical (unpaired) electrons. The van der Waals surface area contributed by atoms with Crippen LogP contribution in [0.15, 0.2) is 65.3 Å². The van der Waals surface area contributed by atoms with Gasteiger partial charge in [-0.25, -0.2) is 0 Å². The molecule has 0 bridgehead atoms. The van der Waals surface area contributed by atoms with Gasteiger partial charge in [0.2, 0.25) is 0 Å². The Morgan fingerprint density at radius 3 is 2.58 bits per heavy atom. The fourth-order valence-corrected chi connectivity index (χ4v) is 3.03. The van der Waals surface area contributed by atoms with Gasteiger partial charge in [-0.15, -0.1) is 0 Å². The lowest BCUT2D eigenvalue weighted by atomic mass is 10.1. The maximum atomic E-state index is 13.1. The summed E-state index contributed by atoms with van der Waals surface area (Å²) in [6, 6.07) is 15.3. The Morgan fingerprint density at radius 1 is 1.04 bits per heavy atom. The Bertz CT molecular complexity index is 1050. The van der Waals surface area contributed by atoms with Crippen molar-refractivity contribution in [1.29, 1.82) is 0 Å². The van der Waals surface area contributed by atoms with Crippen LogP contribution in [0.5, 0.6) is 0 Å². The molecule has 2 aromatic heterocycles. The first-order chi connectivity index (χ1) is 12.6. The number of nitrogens with zero attached hydrogens (tertiary/aromatic N) is 3. The molecule has 0 saturated carbocycles. The zero-order valence-corrected chi connectivity index (χ0v) is 14.7. The predicted molar refractivity (Wildman–Crippen MR) is 101 cm³/mol. The summed E-state index contributed by atoms with van der Waals surface area (Å²) in [6.45, 7) is 4.42. The van der Waals surface area contributed by atoms with Gasteiger partial charge in [0, 0.05) is 29.4 Å². The first-order valence-corrected chi connectivity index (χ1v) is 8.61. The standard InChI is InChI=1S/C21H19N3O2/c1-14(2)24(13-17-11-15-5-3-4-6-20(15)26-17)21(25)16-7-8-18-19(12-16)23-10-9-22-18/h3-12,14H,13H2,1-2H3. The van der Waals surface area contributed by atoms with Crippen molar-refractivity contribution in [3.8, 4) is 0 Å². The normalized spacial score (nSPS) is 11.3. The van der Waals surface area contributed by atoms with E-state index in [0.717, 1.165) is 22.2 Å². The van der Waals surface area contributed by atoms with Gasteiger partial charge >= 0.3 is 0 Å². The summed E-state index contributed by atoms with van der Waals surface area (Å²) in [5.41, 5.74) is 2.92. The lowest BCUT2D eigenvalue weighted by Gasteiger charge is -2.26. The zero-order valence-electron chi connectivity index (χ0n) is 14.7. The van der Waals surface area contributed by atoms with Gasteiger partial charge in [-0.1, -0.05) is 18.2 Å². The van der Waals surface area contributed by atoms with E-state index in [1.165, 1.54) is 0 Å². The van der Waals surface area contributed by atoms with Crippen LogP contribution in [0.1, 0.15) is 30.0 Å². The van der Waals surface area contributed by atoms with E-state index in [2.05, 4.69) is 9.97 Å². The van der Waals surface area contributed by atoms with Crippen molar-refractivity contribution in [2.75, 3.05) is 0 Å². The number of hydrogen-bond acceptors (Lipinski definition) is 4. The molecule has 26 heavy (non-hydrogen) atoms. The lowest BCUT2D eigenvalue weighted by molar-refractivity contribution is 0.0677. The fourth-order valence-electron chi connectivity index (χ4n) is 3.03. The second-order valence-corrected chi connectivity index (χ2v) is 6.54. The van der Waals surface area contributed by atoms with E-state index in [4.69, 9.17) is 4.42 Å². The van der Waals surface area contributed by atoms with Gasteiger partial charge in [0.05, 0.1) is 17.6 Å². The van der Waals surface area contributed by atoms with Gasteiger partial charge in [0.15, 0.2) is 0 Å². The van der Waals surface area contributed by atoms with Crippen molar-refractivity contribution < 1.29 is 9.21 Å². The van der Waals surface area contributed by atoms with E-state index in [1.54, 1.807) is 29.4 Å². The summed E-state index contributed by atoms with van der Waals surface area (Å²) in [7, 11) is 0. The van der Waals surface area contributed by atoms with E-state index in [-0.39, 0.29) is 11.9 Å². The van der Waals surface area contributed by atoms with Gasteiger partial charge in [0.25, 0.3) is 5.91 Å². The topological polar surface area (TPSA) is 59.2 Å². The molecular formula is C21H19N3O2. The molecule has 5 heteroatoms. The van der Waals surface area contributed by atoms with Gasteiger partial charge in [-0.2, -0.15) is 0 Å². The molecule has 0 aliphatic heterocycles. The molecule has 0 aliphatic rings. The second-order valence-electron chi connectivity index (χ2n) is 6.54. The van der Waals surface area contributed by atoms with Crippen LogP contribution in [-0.4, -0.2) is 26.8 Å². The predicted octanol–water partition coefficient (Wildman–Crippen LogP) is 4.43. The molecule has 0 fully saturated rings. The number of amides is 1. The van der Waals surface area contributed by atoms with Crippen LogP contribution in [0, 0.1) is 0 Å². The molecular weight excluding hydrogens is 326 g/mol. The summed E-state index contributed by atoms with van der Waals surface area (Å²) in [4.78, 5) is 23.4. The summed E-state index contributed by atoms with van der Waals surface area (Å²) in [5.74, 6) is 0.724. The first kappa shape index (κ1) is 16.3. The van der Waals surface area contributed by atoms with E-state index in [9.17, 15) is 4.79 Å². The summed E-state index contributed by atoms with van der Waals surface area (Å²) < 4.78 is 5.89. The van der Waals surface area contributed by atoms with Crippen LogP contribution in [0.3, 0.4) is 0 Å². The number of carbonyl (C=O) groups excluding carboxylic acids is 1. The molecule has 2 heterocycles. The molecule has 0 atom stereocenters. The van der Waals surface area contributed by atoms with Crippen molar-refractivity contribution in [3.63, 3.8) is 0 Å². The first-order valence-electron chi connectivity index (χ1n) is 8.61. The molecule has 0 spiro atoms. The van der Waals surface area contributed by atoms with Crippen LogP contribution in [-0.2, 0) is 6.54 Å². The monoisotopic (exact) mass is 345 g/mol. The Morgan fingerprint density at radius 2 is 1.81 bits per heavy atom. The summed E-state index contributed by atoms with van der Waals surface area (Å²) in [5, 5.41) is 1.04. The Hall–Kier alpha value is -3.21. The molecule has 130 valence electrons. The highest BCUT2D eigenvalue weighted by atomic mass is 16.3.